The van der Waals surface area contributed by atoms with Crippen molar-refractivity contribution >= 4 is 0 Å². The first-order chi connectivity index (χ1) is 8.11. The lowest BCUT2D eigenvalue weighted by Gasteiger charge is -2.33. The van der Waals surface area contributed by atoms with Crippen molar-refractivity contribution in [3.05, 3.63) is 0 Å². The summed E-state index contributed by atoms with van der Waals surface area (Å²) in [5.41, 5.74) is 0. The number of ether oxygens (including phenoxy) is 2. The van der Waals surface area contributed by atoms with Crippen LogP contribution < -0.4 is 5.32 Å². The Kier molecular flexibility index (Phi) is 7.09. The summed E-state index contributed by atoms with van der Waals surface area (Å²) in [7, 11) is 0. The Labute approximate surface area is 106 Å². The minimum atomic E-state index is 0.300. The molecule has 3 unspecified atom stereocenters. The number of hydrogen-bond donors (Lipinski definition) is 1. The molecule has 0 aromatic carbocycles. The zero-order chi connectivity index (χ0) is 12.7. The van der Waals surface area contributed by atoms with E-state index in [1.807, 2.05) is 0 Å². The van der Waals surface area contributed by atoms with Crippen LogP contribution in [0.2, 0.25) is 0 Å². The standard InChI is InChI=1S/C14H29NO2/c1-5-6-7-15-10-13(4)17-14-8-11(2)16-12(3)9-14/h11-15H,5-10H2,1-4H3. The fourth-order valence-electron chi connectivity index (χ4n) is 2.44. The lowest BCUT2D eigenvalue weighted by Crippen LogP contribution is -2.38. The van der Waals surface area contributed by atoms with Crippen LogP contribution in [-0.2, 0) is 9.47 Å². The summed E-state index contributed by atoms with van der Waals surface area (Å²) >= 11 is 0. The molecule has 3 heteroatoms. The smallest absolute Gasteiger partial charge is 0.0675 e. The molecule has 0 spiro atoms. The van der Waals surface area contributed by atoms with Crippen molar-refractivity contribution in [2.24, 2.45) is 0 Å². The third-order valence-electron chi connectivity index (χ3n) is 3.22. The highest BCUT2D eigenvalue weighted by Gasteiger charge is 2.26. The van der Waals surface area contributed by atoms with Crippen LogP contribution in [0, 0.1) is 0 Å². The Hall–Kier alpha value is -0.120. The van der Waals surface area contributed by atoms with Gasteiger partial charge in [-0.3, -0.25) is 0 Å². The van der Waals surface area contributed by atoms with Gasteiger partial charge in [0.15, 0.2) is 0 Å². The van der Waals surface area contributed by atoms with E-state index < -0.39 is 0 Å². The molecule has 1 heterocycles. The molecule has 0 saturated carbocycles. The van der Waals surface area contributed by atoms with Gasteiger partial charge in [-0.25, -0.2) is 0 Å². The first-order valence-electron chi connectivity index (χ1n) is 7.13. The minimum absolute atomic E-state index is 0.300. The average molecular weight is 243 g/mol. The van der Waals surface area contributed by atoms with Gasteiger partial charge < -0.3 is 14.8 Å². The van der Waals surface area contributed by atoms with Crippen molar-refractivity contribution in [2.75, 3.05) is 13.1 Å². The average Bonchev–Trinajstić information content (AvgIpc) is 2.23. The molecule has 1 saturated heterocycles. The summed E-state index contributed by atoms with van der Waals surface area (Å²) in [4.78, 5) is 0. The van der Waals surface area contributed by atoms with Gasteiger partial charge in [0, 0.05) is 6.54 Å². The highest BCUT2D eigenvalue weighted by molar-refractivity contribution is 4.75. The lowest BCUT2D eigenvalue weighted by atomic mass is 10.0. The molecule has 3 nitrogen and oxygen atoms in total. The van der Waals surface area contributed by atoms with E-state index in [1.54, 1.807) is 0 Å². The molecule has 1 N–H and O–H groups in total. The quantitative estimate of drug-likeness (QED) is 0.697. The van der Waals surface area contributed by atoms with Crippen LogP contribution in [0.25, 0.3) is 0 Å². The van der Waals surface area contributed by atoms with E-state index in [9.17, 15) is 0 Å². The second kappa shape index (κ2) is 8.06. The Morgan fingerprint density at radius 1 is 1.29 bits per heavy atom. The fraction of sp³-hybridized carbons (Fsp3) is 1.00. The van der Waals surface area contributed by atoms with Crippen molar-refractivity contribution in [1.29, 1.82) is 0 Å². The first-order valence-corrected chi connectivity index (χ1v) is 7.13. The molecule has 1 aliphatic rings. The van der Waals surface area contributed by atoms with E-state index in [0.29, 0.717) is 24.4 Å². The van der Waals surface area contributed by atoms with E-state index in [1.165, 1.54) is 12.8 Å². The van der Waals surface area contributed by atoms with Crippen molar-refractivity contribution in [3.63, 3.8) is 0 Å². The minimum Gasteiger partial charge on any atom is -0.375 e. The third kappa shape index (κ3) is 6.39. The Morgan fingerprint density at radius 3 is 2.53 bits per heavy atom. The monoisotopic (exact) mass is 243 g/mol. The summed E-state index contributed by atoms with van der Waals surface area (Å²) in [5.74, 6) is 0. The number of unbranched alkanes of at least 4 members (excludes halogenated alkanes) is 1. The number of nitrogens with one attached hydrogen (secondary N) is 1. The summed E-state index contributed by atoms with van der Waals surface area (Å²) in [5, 5.41) is 3.44. The maximum atomic E-state index is 6.07. The summed E-state index contributed by atoms with van der Waals surface area (Å²) < 4.78 is 11.8. The molecule has 1 rings (SSSR count). The first kappa shape index (κ1) is 14.9. The Morgan fingerprint density at radius 2 is 1.94 bits per heavy atom. The predicted molar refractivity (Wildman–Crippen MR) is 71.4 cm³/mol. The zero-order valence-corrected chi connectivity index (χ0v) is 11.9. The molecule has 1 aliphatic heterocycles. The summed E-state index contributed by atoms with van der Waals surface area (Å²) in [6.45, 7) is 10.7. The lowest BCUT2D eigenvalue weighted by molar-refractivity contribution is -0.117. The van der Waals surface area contributed by atoms with E-state index >= 15 is 0 Å². The van der Waals surface area contributed by atoms with Gasteiger partial charge in [-0.1, -0.05) is 13.3 Å². The Balaban J connectivity index is 2.14. The molecule has 0 aromatic rings. The van der Waals surface area contributed by atoms with Crippen LogP contribution in [0.5, 0.6) is 0 Å². The molecule has 102 valence electrons. The number of hydrogen-bond acceptors (Lipinski definition) is 3. The van der Waals surface area contributed by atoms with Gasteiger partial charge in [-0.2, -0.15) is 0 Å². The molecule has 0 radical (unpaired) electrons. The largest absolute Gasteiger partial charge is 0.375 e. The van der Waals surface area contributed by atoms with Gasteiger partial charge in [0.05, 0.1) is 24.4 Å². The van der Waals surface area contributed by atoms with Crippen LogP contribution in [0.3, 0.4) is 0 Å². The van der Waals surface area contributed by atoms with Gasteiger partial charge in [0.1, 0.15) is 0 Å². The molecular formula is C14H29NO2. The van der Waals surface area contributed by atoms with Crippen LogP contribution in [0.15, 0.2) is 0 Å². The van der Waals surface area contributed by atoms with Crippen molar-refractivity contribution < 1.29 is 9.47 Å². The van der Waals surface area contributed by atoms with E-state index in [-0.39, 0.29) is 0 Å². The summed E-state index contributed by atoms with van der Waals surface area (Å²) in [6, 6.07) is 0. The van der Waals surface area contributed by atoms with Gasteiger partial charge in [-0.05, 0) is 46.6 Å². The maximum absolute atomic E-state index is 6.07. The Bertz CT molecular complexity index is 189. The highest BCUT2D eigenvalue weighted by Crippen LogP contribution is 2.22. The van der Waals surface area contributed by atoms with Gasteiger partial charge in [0.25, 0.3) is 0 Å². The number of rotatable bonds is 7. The second-order valence-corrected chi connectivity index (χ2v) is 5.36. The summed E-state index contributed by atoms with van der Waals surface area (Å²) in [6.07, 6.45) is 5.90. The van der Waals surface area contributed by atoms with Gasteiger partial charge in [-0.15, -0.1) is 0 Å². The highest BCUT2D eigenvalue weighted by atomic mass is 16.5. The molecule has 3 atom stereocenters. The van der Waals surface area contributed by atoms with Gasteiger partial charge >= 0.3 is 0 Å². The predicted octanol–water partition coefficient (Wildman–Crippen LogP) is 2.74. The zero-order valence-electron chi connectivity index (χ0n) is 11.9. The second-order valence-electron chi connectivity index (χ2n) is 5.36. The molecule has 0 amide bonds. The van der Waals surface area contributed by atoms with Crippen molar-refractivity contribution in [2.45, 2.75) is 77.8 Å². The molecule has 0 bridgehead atoms. The molecule has 0 aliphatic carbocycles. The van der Waals surface area contributed by atoms with Crippen LogP contribution in [0.1, 0.15) is 53.4 Å². The molecule has 17 heavy (non-hydrogen) atoms. The van der Waals surface area contributed by atoms with E-state index in [2.05, 4.69) is 33.0 Å². The van der Waals surface area contributed by atoms with E-state index in [0.717, 1.165) is 25.9 Å². The van der Waals surface area contributed by atoms with E-state index in [4.69, 9.17) is 9.47 Å². The molecule has 1 fully saturated rings. The van der Waals surface area contributed by atoms with Gasteiger partial charge in [0.2, 0.25) is 0 Å². The SMILES string of the molecule is CCCCNCC(C)OC1CC(C)OC(C)C1. The molecular weight excluding hydrogens is 214 g/mol. The van der Waals surface area contributed by atoms with Crippen LogP contribution in [-0.4, -0.2) is 37.5 Å². The normalized spacial score (nSPS) is 31.4. The van der Waals surface area contributed by atoms with Crippen LogP contribution in [0.4, 0.5) is 0 Å². The maximum Gasteiger partial charge on any atom is 0.0675 e. The fourth-order valence-corrected chi connectivity index (χ4v) is 2.44. The molecule has 0 aromatic heterocycles. The third-order valence-corrected chi connectivity index (χ3v) is 3.22. The van der Waals surface area contributed by atoms with Crippen molar-refractivity contribution in [3.8, 4) is 0 Å². The van der Waals surface area contributed by atoms with Crippen molar-refractivity contribution in [1.82, 2.24) is 5.32 Å². The van der Waals surface area contributed by atoms with Crippen LogP contribution >= 0.6 is 0 Å². The topological polar surface area (TPSA) is 30.5 Å².